The average molecular weight is 308 g/mol. The lowest BCUT2D eigenvalue weighted by molar-refractivity contribution is 0.580. The highest BCUT2D eigenvalue weighted by molar-refractivity contribution is 7.89. The summed E-state index contributed by atoms with van der Waals surface area (Å²) in [7, 11) is -3.54. The van der Waals surface area contributed by atoms with Gasteiger partial charge in [-0.25, -0.2) is 18.1 Å². The lowest BCUT2D eigenvalue weighted by atomic mass is 10.1. The van der Waals surface area contributed by atoms with E-state index in [1.807, 2.05) is 13.0 Å². The molecule has 2 rings (SSSR count). The highest BCUT2D eigenvalue weighted by Crippen LogP contribution is 2.20. The van der Waals surface area contributed by atoms with E-state index < -0.39 is 10.0 Å². The van der Waals surface area contributed by atoms with E-state index >= 15 is 0 Å². The summed E-state index contributed by atoms with van der Waals surface area (Å²) in [5, 5.41) is 0. The molecule has 6 nitrogen and oxygen atoms in total. The molecule has 0 saturated carbocycles. The average Bonchev–Trinajstić information content (AvgIpc) is 2.91. The number of H-pyrrole nitrogens is 1. The van der Waals surface area contributed by atoms with Crippen LogP contribution in [-0.4, -0.2) is 24.9 Å². The first-order valence-electron chi connectivity index (χ1n) is 6.72. The standard InChI is InChI=1S/C14H20N4O2S/c1-10-7-11(2)13(8-12(10)9-15)21(19,20)18-4-3-14-16-5-6-17-14/h5-8,18H,3-4,9,15H2,1-2H3,(H,16,17). The Morgan fingerprint density at radius 3 is 2.67 bits per heavy atom. The molecule has 1 aromatic carbocycles. The van der Waals surface area contributed by atoms with Crippen LogP contribution in [0.25, 0.3) is 0 Å². The van der Waals surface area contributed by atoms with Crippen LogP contribution in [0.1, 0.15) is 22.5 Å². The predicted octanol–water partition coefficient (Wildman–Crippen LogP) is 1.01. The number of nitrogens with two attached hydrogens (primary N) is 1. The van der Waals surface area contributed by atoms with Crippen molar-refractivity contribution in [1.82, 2.24) is 14.7 Å². The van der Waals surface area contributed by atoms with Crippen LogP contribution >= 0.6 is 0 Å². The first kappa shape index (κ1) is 15.7. The molecule has 114 valence electrons. The number of benzene rings is 1. The second-order valence-electron chi connectivity index (χ2n) is 4.93. The third-order valence-corrected chi connectivity index (χ3v) is 4.95. The van der Waals surface area contributed by atoms with Crippen molar-refractivity contribution >= 4 is 10.0 Å². The first-order chi connectivity index (χ1) is 9.94. The molecule has 21 heavy (non-hydrogen) atoms. The third kappa shape index (κ3) is 3.69. The van der Waals surface area contributed by atoms with Gasteiger partial charge in [-0.05, 0) is 36.6 Å². The molecular formula is C14H20N4O2S. The van der Waals surface area contributed by atoms with Gasteiger partial charge in [-0.1, -0.05) is 6.07 Å². The molecule has 2 aromatic rings. The zero-order valence-electron chi connectivity index (χ0n) is 12.2. The molecular weight excluding hydrogens is 288 g/mol. The zero-order valence-corrected chi connectivity index (χ0v) is 13.0. The molecule has 0 radical (unpaired) electrons. The Labute approximate surface area is 124 Å². The summed E-state index contributed by atoms with van der Waals surface area (Å²) in [5.74, 6) is 0.751. The fraction of sp³-hybridized carbons (Fsp3) is 0.357. The van der Waals surface area contributed by atoms with Gasteiger partial charge in [-0.3, -0.25) is 0 Å². The van der Waals surface area contributed by atoms with Gasteiger partial charge in [-0.2, -0.15) is 0 Å². The van der Waals surface area contributed by atoms with Gasteiger partial charge in [-0.15, -0.1) is 0 Å². The Balaban J connectivity index is 2.15. The van der Waals surface area contributed by atoms with Gasteiger partial charge < -0.3 is 10.7 Å². The molecule has 0 spiro atoms. The van der Waals surface area contributed by atoms with Crippen molar-refractivity contribution in [3.05, 3.63) is 47.0 Å². The van der Waals surface area contributed by atoms with Gasteiger partial charge in [0.25, 0.3) is 0 Å². The molecule has 0 aliphatic rings. The Kier molecular flexibility index (Phi) is 4.76. The van der Waals surface area contributed by atoms with Crippen molar-refractivity contribution in [2.24, 2.45) is 5.73 Å². The van der Waals surface area contributed by atoms with E-state index in [1.54, 1.807) is 25.4 Å². The normalized spacial score (nSPS) is 11.8. The van der Waals surface area contributed by atoms with Crippen LogP contribution < -0.4 is 10.5 Å². The topological polar surface area (TPSA) is 101 Å². The fourth-order valence-corrected chi connectivity index (χ4v) is 3.51. The number of aromatic nitrogens is 2. The quantitative estimate of drug-likeness (QED) is 0.741. The molecule has 0 aliphatic heterocycles. The SMILES string of the molecule is Cc1cc(C)c(S(=O)(=O)NCCc2ncc[nH]2)cc1CN. The lowest BCUT2D eigenvalue weighted by Gasteiger charge is -2.12. The molecule has 7 heteroatoms. The largest absolute Gasteiger partial charge is 0.349 e. The van der Waals surface area contributed by atoms with Crippen molar-refractivity contribution < 1.29 is 8.42 Å². The maximum absolute atomic E-state index is 12.4. The van der Waals surface area contributed by atoms with Gasteiger partial charge in [0.05, 0.1) is 4.90 Å². The van der Waals surface area contributed by atoms with Gasteiger partial charge in [0.1, 0.15) is 5.82 Å². The van der Waals surface area contributed by atoms with E-state index in [4.69, 9.17) is 5.73 Å². The number of nitrogens with one attached hydrogen (secondary N) is 2. The van der Waals surface area contributed by atoms with E-state index in [-0.39, 0.29) is 4.90 Å². The summed E-state index contributed by atoms with van der Waals surface area (Å²) in [5.41, 5.74) is 8.21. The molecule has 0 atom stereocenters. The van der Waals surface area contributed by atoms with Gasteiger partial charge >= 0.3 is 0 Å². The van der Waals surface area contributed by atoms with Gasteiger partial charge in [0.15, 0.2) is 0 Å². The van der Waals surface area contributed by atoms with Crippen LogP contribution in [0.15, 0.2) is 29.4 Å². The summed E-state index contributed by atoms with van der Waals surface area (Å²) < 4.78 is 27.4. The number of aryl methyl sites for hydroxylation is 2. The Hall–Kier alpha value is -1.70. The third-order valence-electron chi connectivity index (χ3n) is 3.35. The van der Waals surface area contributed by atoms with E-state index in [9.17, 15) is 8.42 Å². The minimum absolute atomic E-state index is 0.285. The van der Waals surface area contributed by atoms with Crippen molar-refractivity contribution in [3.63, 3.8) is 0 Å². The van der Waals surface area contributed by atoms with Crippen molar-refractivity contribution in [1.29, 1.82) is 0 Å². The predicted molar refractivity (Wildman–Crippen MR) is 81.3 cm³/mol. The van der Waals surface area contributed by atoms with Gasteiger partial charge in [0.2, 0.25) is 10.0 Å². The van der Waals surface area contributed by atoms with Crippen LogP contribution in [0.4, 0.5) is 0 Å². The second-order valence-corrected chi connectivity index (χ2v) is 6.67. The molecule has 1 heterocycles. The summed E-state index contributed by atoms with van der Waals surface area (Å²) in [6.07, 6.45) is 3.86. The maximum Gasteiger partial charge on any atom is 0.240 e. The van der Waals surface area contributed by atoms with Crippen LogP contribution in [-0.2, 0) is 23.0 Å². The molecule has 0 amide bonds. The highest BCUT2D eigenvalue weighted by Gasteiger charge is 2.18. The molecule has 0 aliphatic carbocycles. The number of sulfonamides is 1. The molecule has 0 unspecified atom stereocenters. The maximum atomic E-state index is 12.4. The fourth-order valence-electron chi connectivity index (χ4n) is 2.20. The van der Waals surface area contributed by atoms with E-state index in [0.29, 0.717) is 19.5 Å². The van der Waals surface area contributed by atoms with Gasteiger partial charge in [0, 0.05) is 31.9 Å². The van der Waals surface area contributed by atoms with Crippen LogP contribution in [0.3, 0.4) is 0 Å². The lowest BCUT2D eigenvalue weighted by Crippen LogP contribution is -2.27. The monoisotopic (exact) mass is 308 g/mol. The van der Waals surface area contributed by atoms with Crippen molar-refractivity contribution in [3.8, 4) is 0 Å². The van der Waals surface area contributed by atoms with Crippen LogP contribution in [0.5, 0.6) is 0 Å². The number of imidazole rings is 1. The number of hydrogen-bond donors (Lipinski definition) is 3. The number of rotatable bonds is 6. The Morgan fingerprint density at radius 1 is 1.29 bits per heavy atom. The van der Waals surface area contributed by atoms with Crippen molar-refractivity contribution in [2.75, 3.05) is 6.54 Å². The number of nitrogens with zero attached hydrogens (tertiary/aromatic N) is 1. The molecule has 1 aromatic heterocycles. The van der Waals surface area contributed by atoms with Crippen molar-refractivity contribution in [2.45, 2.75) is 31.7 Å². The number of hydrogen-bond acceptors (Lipinski definition) is 4. The minimum atomic E-state index is -3.54. The summed E-state index contributed by atoms with van der Waals surface area (Å²) >= 11 is 0. The van der Waals surface area contributed by atoms with E-state index in [2.05, 4.69) is 14.7 Å². The zero-order chi connectivity index (χ0) is 15.5. The Bertz CT molecular complexity index is 709. The number of aromatic amines is 1. The molecule has 0 bridgehead atoms. The first-order valence-corrected chi connectivity index (χ1v) is 8.20. The molecule has 4 N–H and O–H groups in total. The van der Waals surface area contributed by atoms with Crippen LogP contribution in [0, 0.1) is 13.8 Å². The molecule has 0 fully saturated rings. The summed E-state index contributed by atoms with van der Waals surface area (Å²) in [4.78, 5) is 7.28. The minimum Gasteiger partial charge on any atom is -0.349 e. The second kappa shape index (κ2) is 6.38. The Morgan fingerprint density at radius 2 is 2.05 bits per heavy atom. The molecule has 0 saturated heterocycles. The summed E-state index contributed by atoms with van der Waals surface area (Å²) in [6.45, 7) is 4.33. The highest BCUT2D eigenvalue weighted by atomic mass is 32.2. The van der Waals surface area contributed by atoms with Crippen LogP contribution in [0.2, 0.25) is 0 Å². The van der Waals surface area contributed by atoms with E-state index in [0.717, 1.165) is 22.5 Å². The van der Waals surface area contributed by atoms with E-state index in [1.165, 1.54) is 0 Å². The smallest absolute Gasteiger partial charge is 0.240 e. The summed E-state index contributed by atoms with van der Waals surface area (Å²) in [6, 6.07) is 3.50.